The number of carbonyl (C=O) groups is 1. The lowest BCUT2D eigenvalue weighted by molar-refractivity contribution is 0.0713. The number of imidazole rings is 1. The molecular weight excluding hydrogens is 512 g/mol. The van der Waals surface area contributed by atoms with E-state index in [-0.39, 0.29) is 42.6 Å². The van der Waals surface area contributed by atoms with Crippen molar-refractivity contribution < 1.29 is 33.4 Å². The molecule has 2 fully saturated rings. The summed E-state index contributed by atoms with van der Waals surface area (Å²) in [4.78, 5) is 23.9. The molecule has 2 aliphatic heterocycles. The number of fused-ring (bicyclic) bond motifs is 1. The number of nitrogens with one attached hydrogen (secondary N) is 1. The zero-order chi connectivity index (χ0) is 25.9. The summed E-state index contributed by atoms with van der Waals surface area (Å²) in [6.45, 7) is 1.49. The van der Waals surface area contributed by atoms with E-state index in [2.05, 4.69) is 15.0 Å². The number of amides is 1. The number of anilines is 1. The Morgan fingerprint density at radius 2 is 1.83 bits per heavy atom. The zero-order valence-corrected chi connectivity index (χ0v) is 19.6. The van der Waals surface area contributed by atoms with Crippen LogP contribution < -0.4 is 5.73 Å². The van der Waals surface area contributed by atoms with Crippen LogP contribution in [0.1, 0.15) is 52.8 Å². The third-order valence-electron chi connectivity index (χ3n) is 6.74. The van der Waals surface area contributed by atoms with E-state index in [9.17, 15) is 28.6 Å². The normalized spacial score (nSPS) is 21.5. The molecule has 14 heteroatoms. The number of nitrogens with zero attached hydrogens (tertiary/aromatic N) is 3. The number of hydrogen-bond donors (Lipinski definition) is 2. The molecule has 1 unspecified atom stereocenters. The van der Waals surface area contributed by atoms with Crippen molar-refractivity contribution >= 4 is 33.0 Å². The Morgan fingerprint density at radius 3 is 2.44 bits per heavy atom. The van der Waals surface area contributed by atoms with Crippen LogP contribution >= 0.6 is 10.2 Å². The van der Waals surface area contributed by atoms with E-state index in [4.69, 9.17) is 10.5 Å². The molecule has 0 spiro atoms. The summed E-state index contributed by atoms with van der Waals surface area (Å²) < 4.78 is 85.5. The van der Waals surface area contributed by atoms with Crippen molar-refractivity contribution in [3.63, 3.8) is 0 Å². The van der Waals surface area contributed by atoms with Gasteiger partial charge in [0, 0.05) is 36.9 Å². The summed E-state index contributed by atoms with van der Waals surface area (Å²) in [5.74, 6) is -0.683. The van der Waals surface area contributed by atoms with Crippen LogP contribution in [0.15, 0.2) is 29.3 Å². The summed E-state index contributed by atoms with van der Waals surface area (Å²) in [6, 6.07) is 0.934. The predicted octanol–water partition coefficient (Wildman–Crippen LogP) is 5.86. The average molecular weight is 536 g/mol. The number of piperidine rings is 1. The summed E-state index contributed by atoms with van der Waals surface area (Å²) >= 11 is 0. The van der Waals surface area contributed by atoms with Crippen LogP contribution in [0.2, 0.25) is 0 Å². The van der Waals surface area contributed by atoms with E-state index in [1.54, 1.807) is 0 Å². The molecule has 0 radical (unpaired) electrons. The molecule has 1 aromatic carbocycles. The number of H-pyrrole nitrogens is 1. The lowest BCUT2D eigenvalue weighted by Gasteiger charge is -2.40. The van der Waals surface area contributed by atoms with Crippen LogP contribution in [0, 0.1) is 5.82 Å². The first-order valence-electron chi connectivity index (χ1n) is 11.3. The Hall–Kier alpha value is -3.00. The number of nitrogens with two attached hydrogens (primary N) is 1. The van der Waals surface area contributed by atoms with Gasteiger partial charge in [0.15, 0.2) is 5.65 Å². The number of hydrogen-bond acceptors (Lipinski definition) is 5. The first-order chi connectivity index (χ1) is 16.7. The number of carbonyl (C=O) groups excluding carboxylic acids is 1. The lowest BCUT2D eigenvalue weighted by Crippen LogP contribution is -2.38. The van der Waals surface area contributed by atoms with Crippen LogP contribution in [-0.4, -0.2) is 52.1 Å². The molecule has 1 amide bonds. The van der Waals surface area contributed by atoms with E-state index in [1.807, 2.05) is 0 Å². The van der Waals surface area contributed by atoms with Crippen LogP contribution in [0.5, 0.6) is 0 Å². The van der Waals surface area contributed by atoms with Crippen molar-refractivity contribution in [1.82, 2.24) is 19.9 Å². The summed E-state index contributed by atoms with van der Waals surface area (Å²) in [5.41, 5.74) is 5.89. The molecule has 5 rings (SSSR count). The molecule has 0 aliphatic carbocycles. The van der Waals surface area contributed by atoms with Gasteiger partial charge in [0.05, 0.1) is 23.9 Å². The molecule has 1 atom stereocenters. The molecule has 2 aromatic heterocycles. The number of pyridine rings is 1. The van der Waals surface area contributed by atoms with Crippen molar-refractivity contribution in [3.8, 4) is 0 Å². The third-order valence-corrected chi connectivity index (χ3v) is 7.88. The molecular formula is C22H23F6N5O2S. The first kappa shape index (κ1) is 24.7. The Kier molecular flexibility index (Phi) is 5.31. The first-order valence-corrected chi connectivity index (χ1v) is 13.2. The van der Waals surface area contributed by atoms with Gasteiger partial charge in [0.1, 0.15) is 16.5 Å². The van der Waals surface area contributed by atoms with Gasteiger partial charge in [-0.2, -0.15) is 0 Å². The number of aromatic nitrogens is 3. The number of aromatic amines is 1. The molecule has 196 valence electrons. The minimum absolute atomic E-state index is 0.0746. The maximum Gasteiger partial charge on any atom is 0.310 e. The molecule has 4 heterocycles. The van der Waals surface area contributed by atoms with E-state index in [1.165, 1.54) is 4.90 Å². The molecule has 0 bridgehead atoms. The SMILES string of the molecule is Nc1cc(S(F)(F)(F)(F)F)ccc1C(=O)N1CCC(c2c(F)cnc3nc(C4CCOC4)[nH]c23)CC1. The molecule has 2 saturated heterocycles. The van der Waals surface area contributed by atoms with Gasteiger partial charge < -0.3 is 20.4 Å². The minimum atomic E-state index is -9.92. The number of rotatable bonds is 4. The quantitative estimate of drug-likeness (QED) is 0.322. The number of benzene rings is 1. The highest BCUT2D eigenvalue weighted by atomic mass is 32.5. The maximum absolute atomic E-state index is 14.9. The fraction of sp³-hybridized carbons (Fsp3) is 0.409. The van der Waals surface area contributed by atoms with E-state index < -0.39 is 32.5 Å². The van der Waals surface area contributed by atoms with Crippen molar-refractivity contribution in [2.45, 2.75) is 36.0 Å². The van der Waals surface area contributed by atoms with Gasteiger partial charge >= 0.3 is 10.2 Å². The van der Waals surface area contributed by atoms with E-state index in [0.29, 0.717) is 54.7 Å². The highest BCUT2D eigenvalue weighted by Crippen LogP contribution is 3.02. The molecule has 36 heavy (non-hydrogen) atoms. The third kappa shape index (κ3) is 4.59. The number of halogens is 6. The van der Waals surface area contributed by atoms with Crippen molar-refractivity contribution in [3.05, 3.63) is 47.2 Å². The van der Waals surface area contributed by atoms with Crippen LogP contribution in [0.4, 0.5) is 29.5 Å². The molecule has 2 aliphatic rings. The standard InChI is InChI=1S/C22H23F6N5O2S/c23-16-10-30-21-19(31-20(32-21)13-5-8-35-11-13)18(16)12-3-6-33(7-4-12)22(34)15-2-1-14(9-17(15)29)36(24,25,26,27)28/h1-2,9-10,12-13H,3-8,11,29H2,(H,30,31,32). The number of likely N-dealkylation sites (tertiary alicyclic amines) is 1. The van der Waals surface area contributed by atoms with Gasteiger partial charge in [0.2, 0.25) is 0 Å². The Bertz CT molecular complexity index is 1350. The largest absolute Gasteiger partial charge is 0.398 e. The summed E-state index contributed by atoms with van der Waals surface area (Å²) in [6.07, 6.45) is 2.65. The second-order valence-electron chi connectivity index (χ2n) is 9.19. The van der Waals surface area contributed by atoms with Crippen LogP contribution in [-0.2, 0) is 4.74 Å². The molecule has 3 aromatic rings. The van der Waals surface area contributed by atoms with Gasteiger partial charge in [-0.1, -0.05) is 19.4 Å². The zero-order valence-electron chi connectivity index (χ0n) is 18.8. The minimum Gasteiger partial charge on any atom is -0.398 e. The molecule has 7 nitrogen and oxygen atoms in total. The van der Waals surface area contributed by atoms with E-state index >= 15 is 0 Å². The highest BCUT2D eigenvalue weighted by molar-refractivity contribution is 8.45. The fourth-order valence-corrected chi connectivity index (χ4v) is 5.50. The van der Waals surface area contributed by atoms with Crippen LogP contribution in [0.25, 0.3) is 11.2 Å². The van der Waals surface area contributed by atoms with Crippen molar-refractivity contribution in [2.24, 2.45) is 0 Å². The highest BCUT2D eigenvalue weighted by Gasteiger charge is 2.65. The van der Waals surface area contributed by atoms with Gasteiger partial charge in [-0.05, 0) is 43.4 Å². The van der Waals surface area contributed by atoms with Gasteiger partial charge in [-0.3, -0.25) is 4.79 Å². The summed E-state index contributed by atoms with van der Waals surface area (Å²) in [5, 5.41) is 0. The van der Waals surface area contributed by atoms with Gasteiger partial charge in [0.25, 0.3) is 5.91 Å². The topological polar surface area (TPSA) is 97.1 Å². The van der Waals surface area contributed by atoms with Crippen molar-refractivity contribution in [1.29, 1.82) is 0 Å². The maximum atomic E-state index is 14.9. The summed E-state index contributed by atoms with van der Waals surface area (Å²) in [7, 11) is -9.92. The second kappa shape index (κ2) is 7.75. The second-order valence-corrected chi connectivity index (χ2v) is 11.6. The Balaban J connectivity index is 1.34. The predicted molar refractivity (Wildman–Crippen MR) is 122 cm³/mol. The Morgan fingerprint density at radius 1 is 1.11 bits per heavy atom. The number of ether oxygens (including phenoxy) is 1. The number of nitrogen functional groups attached to an aromatic ring is 1. The van der Waals surface area contributed by atoms with Crippen LogP contribution in [0.3, 0.4) is 0 Å². The Labute approximate surface area is 201 Å². The molecule has 3 N–H and O–H groups in total. The lowest BCUT2D eigenvalue weighted by atomic mass is 9.88. The van der Waals surface area contributed by atoms with Gasteiger partial charge in [-0.15, -0.1) is 0 Å². The smallest absolute Gasteiger partial charge is 0.310 e. The fourth-order valence-electron chi connectivity index (χ4n) is 4.83. The van der Waals surface area contributed by atoms with Gasteiger partial charge in [-0.25, -0.2) is 14.4 Å². The monoisotopic (exact) mass is 535 g/mol. The molecule has 0 saturated carbocycles. The average Bonchev–Trinajstić information content (AvgIpc) is 3.47. The van der Waals surface area contributed by atoms with Crippen molar-refractivity contribution in [2.75, 3.05) is 32.0 Å². The van der Waals surface area contributed by atoms with E-state index in [0.717, 1.165) is 12.6 Å².